The Kier molecular flexibility index (Phi) is 3.16. The molecule has 1 unspecified atom stereocenters. The van der Waals surface area contributed by atoms with Gasteiger partial charge in [0.05, 0.1) is 6.10 Å². The Morgan fingerprint density at radius 2 is 1.67 bits per heavy atom. The summed E-state index contributed by atoms with van der Waals surface area (Å²) in [6.45, 7) is 6.47. The molecule has 1 rings (SSSR count). The molecule has 0 amide bonds. The number of hydrogen-bond acceptors (Lipinski definition) is 1. The highest BCUT2D eigenvalue weighted by atomic mass is 16.3. The van der Waals surface area contributed by atoms with Crippen molar-refractivity contribution in [2.24, 2.45) is 11.3 Å². The van der Waals surface area contributed by atoms with Crippen LogP contribution >= 0.6 is 0 Å². The van der Waals surface area contributed by atoms with Crippen LogP contribution in [0.25, 0.3) is 0 Å². The van der Waals surface area contributed by atoms with Crippen molar-refractivity contribution in [1.29, 1.82) is 0 Å². The lowest BCUT2D eigenvalue weighted by Crippen LogP contribution is -2.31. The van der Waals surface area contributed by atoms with Crippen LogP contribution in [0.1, 0.15) is 52.9 Å². The molecular formula is C11H22O. The van der Waals surface area contributed by atoms with E-state index >= 15 is 0 Å². The van der Waals surface area contributed by atoms with E-state index in [0.29, 0.717) is 0 Å². The minimum Gasteiger partial charge on any atom is -0.393 e. The topological polar surface area (TPSA) is 20.2 Å². The summed E-state index contributed by atoms with van der Waals surface area (Å²) in [7, 11) is 0. The van der Waals surface area contributed by atoms with Crippen LogP contribution in [0.4, 0.5) is 0 Å². The Morgan fingerprint density at radius 3 is 2.00 bits per heavy atom. The summed E-state index contributed by atoms with van der Waals surface area (Å²) in [5.74, 6) is 0.720. The maximum atomic E-state index is 9.75. The lowest BCUT2D eigenvalue weighted by Gasteiger charge is -2.33. The lowest BCUT2D eigenvalue weighted by atomic mass is 9.75. The van der Waals surface area contributed by atoms with E-state index < -0.39 is 0 Å². The van der Waals surface area contributed by atoms with Crippen LogP contribution in [0, 0.1) is 11.3 Å². The van der Waals surface area contributed by atoms with Gasteiger partial charge in [0.1, 0.15) is 0 Å². The molecule has 1 saturated carbocycles. The smallest absolute Gasteiger partial charge is 0.0568 e. The second kappa shape index (κ2) is 3.78. The quantitative estimate of drug-likeness (QED) is 0.690. The second-order valence-electron chi connectivity index (χ2n) is 4.84. The third-order valence-corrected chi connectivity index (χ3v) is 3.30. The molecule has 12 heavy (non-hydrogen) atoms. The number of aliphatic hydroxyl groups excluding tert-OH is 1. The Bertz CT molecular complexity index is 132. The summed E-state index contributed by atoms with van der Waals surface area (Å²) in [4.78, 5) is 0. The molecule has 1 nitrogen and oxygen atoms in total. The molecule has 0 aromatic heterocycles. The van der Waals surface area contributed by atoms with Gasteiger partial charge in [-0.05, 0) is 37.5 Å². The van der Waals surface area contributed by atoms with Crippen molar-refractivity contribution in [2.75, 3.05) is 0 Å². The molecule has 0 radical (unpaired) electrons. The minimum atomic E-state index is -0.109. The first-order chi connectivity index (χ1) is 5.57. The van der Waals surface area contributed by atoms with Gasteiger partial charge in [0.25, 0.3) is 0 Å². The van der Waals surface area contributed by atoms with Crippen LogP contribution in [-0.4, -0.2) is 11.2 Å². The fourth-order valence-corrected chi connectivity index (χ4v) is 2.68. The van der Waals surface area contributed by atoms with Gasteiger partial charge in [0, 0.05) is 0 Å². The predicted octanol–water partition coefficient (Wildman–Crippen LogP) is 2.97. The second-order valence-corrected chi connectivity index (χ2v) is 4.84. The molecule has 0 heterocycles. The molecule has 0 saturated heterocycles. The van der Waals surface area contributed by atoms with E-state index in [1.54, 1.807) is 0 Å². The Hall–Kier alpha value is -0.0400. The van der Waals surface area contributed by atoms with Gasteiger partial charge < -0.3 is 5.11 Å². The fourth-order valence-electron chi connectivity index (χ4n) is 2.68. The van der Waals surface area contributed by atoms with Gasteiger partial charge in [0.15, 0.2) is 0 Å². The highest BCUT2D eigenvalue weighted by molar-refractivity contribution is 4.89. The number of hydrogen-bond donors (Lipinski definition) is 1. The van der Waals surface area contributed by atoms with Crippen LogP contribution < -0.4 is 0 Å². The lowest BCUT2D eigenvalue weighted by molar-refractivity contribution is 0.0268. The standard InChI is InChI=1S/C11H22O/c1-9(2)8-11(10(3)12)6-4-5-7-11/h9-10,12H,4-8H2,1-3H3. The van der Waals surface area contributed by atoms with E-state index in [0.717, 1.165) is 5.92 Å². The number of aliphatic hydroxyl groups is 1. The van der Waals surface area contributed by atoms with Crippen LogP contribution in [0.15, 0.2) is 0 Å². The average molecular weight is 170 g/mol. The maximum absolute atomic E-state index is 9.75. The first kappa shape index (κ1) is 10.0. The van der Waals surface area contributed by atoms with Gasteiger partial charge in [-0.2, -0.15) is 0 Å². The summed E-state index contributed by atoms with van der Waals surface area (Å²) in [5, 5.41) is 9.75. The first-order valence-corrected chi connectivity index (χ1v) is 5.25. The molecule has 0 spiro atoms. The van der Waals surface area contributed by atoms with Crippen LogP contribution in [-0.2, 0) is 0 Å². The van der Waals surface area contributed by atoms with Gasteiger partial charge in [-0.3, -0.25) is 0 Å². The van der Waals surface area contributed by atoms with E-state index in [-0.39, 0.29) is 11.5 Å². The Labute approximate surface area is 76.2 Å². The summed E-state index contributed by atoms with van der Waals surface area (Å²) in [6, 6.07) is 0. The third kappa shape index (κ3) is 2.01. The molecule has 1 heteroatoms. The monoisotopic (exact) mass is 170 g/mol. The highest BCUT2D eigenvalue weighted by Gasteiger charge is 2.38. The summed E-state index contributed by atoms with van der Waals surface area (Å²) < 4.78 is 0. The fraction of sp³-hybridized carbons (Fsp3) is 1.00. The maximum Gasteiger partial charge on any atom is 0.0568 e. The van der Waals surface area contributed by atoms with Gasteiger partial charge >= 0.3 is 0 Å². The van der Waals surface area contributed by atoms with Gasteiger partial charge in [-0.15, -0.1) is 0 Å². The zero-order valence-electron chi connectivity index (χ0n) is 8.64. The van der Waals surface area contributed by atoms with Crippen molar-refractivity contribution in [1.82, 2.24) is 0 Å². The summed E-state index contributed by atoms with van der Waals surface area (Å²) in [5.41, 5.74) is 0.272. The summed E-state index contributed by atoms with van der Waals surface area (Å²) in [6.07, 6.45) is 6.20. The molecule has 1 aliphatic rings. The normalized spacial score (nSPS) is 24.8. The van der Waals surface area contributed by atoms with Crippen LogP contribution in [0.3, 0.4) is 0 Å². The number of rotatable bonds is 3. The molecule has 1 aliphatic carbocycles. The van der Waals surface area contributed by atoms with Gasteiger partial charge in [0.2, 0.25) is 0 Å². The van der Waals surface area contributed by atoms with Crippen molar-refractivity contribution < 1.29 is 5.11 Å². The van der Waals surface area contributed by atoms with E-state index in [2.05, 4.69) is 13.8 Å². The van der Waals surface area contributed by atoms with E-state index in [9.17, 15) is 5.11 Å². The SMILES string of the molecule is CC(C)CC1(C(C)O)CCCC1. The summed E-state index contributed by atoms with van der Waals surface area (Å²) >= 11 is 0. The first-order valence-electron chi connectivity index (χ1n) is 5.25. The molecule has 0 bridgehead atoms. The average Bonchev–Trinajstić information content (AvgIpc) is 2.35. The zero-order valence-corrected chi connectivity index (χ0v) is 8.64. The van der Waals surface area contributed by atoms with E-state index in [4.69, 9.17) is 0 Å². The van der Waals surface area contributed by atoms with Gasteiger partial charge in [-0.1, -0.05) is 26.7 Å². The molecule has 1 N–H and O–H groups in total. The highest BCUT2D eigenvalue weighted by Crippen LogP contribution is 2.45. The van der Waals surface area contributed by atoms with Crippen molar-refractivity contribution in [2.45, 2.75) is 59.0 Å². The van der Waals surface area contributed by atoms with Gasteiger partial charge in [-0.25, -0.2) is 0 Å². The van der Waals surface area contributed by atoms with Crippen molar-refractivity contribution in [3.8, 4) is 0 Å². The zero-order chi connectivity index (χ0) is 9.19. The molecular weight excluding hydrogens is 148 g/mol. The molecule has 0 aromatic rings. The van der Waals surface area contributed by atoms with Crippen molar-refractivity contribution in [3.63, 3.8) is 0 Å². The molecule has 1 atom stereocenters. The van der Waals surface area contributed by atoms with Crippen molar-refractivity contribution in [3.05, 3.63) is 0 Å². The Balaban J connectivity index is 2.59. The predicted molar refractivity (Wildman–Crippen MR) is 52.0 cm³/mol. The molecule has 0 aliphatic heterocycles. The minimum absolute atomic E-state index is 0.109. The third-order valence-electron chi connectivity index (χ3n) is 3.30. The van der Waals surface area contributed by atoms with E-state index in [1.807, 2.05) is 6.92 Å². The van der Waals surface area contributed by atoms with E-state index in [1.165, 1.54) is 32.1 Å². The van der Waals surface area contributed by atoms with Crippen LogP contribution in [0.5, 0.6) is 0 Å². The van der Waals surface area contributed by atoms with Crippen LogP contribution in [0.2, 0.25) is 0 Å². The largest absolute Gasteiger partial charge is 0.393 e. The molecule has 72 valence electrons. The Morgan fingerprint density at radius 1 is 1.17 bits per heavy atom. The molecule has 0 aromatic carbocycles. The molecule has 1 fully saturated rings. The van der Waals surface area contributed by atoms with Crippen molar-refractivity contribution >= 4 is 0 Å².